The minimum atomic E-state index is -0.0140. The Hall–Kier alpha value is -0.113. The molecule has 0 saturated heterocycles. The molecule has 12 heavy (non-hydrogen) atoms. The molecular weight excluding hydrogens is 167 g/mol. The van der Waals surface area contributed by atoms with E-state index in [2.05, 4.69) is 32.2 Å². The summed E-state index contributed by atoms with van der Waals surface area (Å²) < 4.78 is 0. The van der Waals surface area contributed by atoms with E-state index in [4.69, 9.17) is 0 Å². The van der Waals surface area contributed by atoms with Gasteiger partial charge in [-0.05, 0) is 18.9 Å². The van der Waals surface area contributed by atoms with Gasteiger partial charge in [0.25, 0.3) is 0 Å². The molecule has 0 amide bonds. The molecule has 0 bridgehead atoms. The van der Waals surface area contributed by atoms with E-state index in [0.717, 1.165) is 0 Å². The maximum Gasteiger partial charge on any atom is 0.0452 e. The first kappa shape index (κ1) is 14.4. The Morgan fingerprint density at radius 1 is 1.08 bits per heavy atom. The predicted molar refractivity (Wildman–Crippen MR) is 58.1 cm³/mol. The quantitative estimate of drug-likeness (QED) is 0.336. The van der Waals surface area contributed by atoms with Crippen LogP contribution in [0.15, 0.2) is 12.2 Å². The SMILES string of the molecule is CCCCCC=CC[Si](C)C.F. The lowest BCUT2D eigenvalue weighted by atomic mass is 10.2. The van der Waals surface area contributed by atoms with E-state index in [-0.39, 0.29) is 13.5 Å². The van der Waals surface area contributed by atoms with E-state index in [1.807, 2.05) is 0 Å². The number of unbranched alkanes of at least 4 members (excludes halogenated alkanes) is 3. The molecule has 0 fully saturated rings. The average Bonchev–Trinajstić information content (AvgIpc) is 1.96. The van der Waals surface area contributed by atoms with Gasteiger partial charge in [-0.25, -0.2) is 0 Å². The molecule has 0 spiro atoms. The highest BCUT2D eigenvalue weighted by Gasteiger charge is 1.88. The summed E-state index contributed by atoms with van der Waals surface area (Å²) in [5.41, 5.74) is 0. The van der Waals surface area contributed by atoms with E-state index in [1.165, 1.54) is 31.7 Å². The normalized spacial score (nSPS) is 10.7. The predicted octanol–water partition coefficient (Wildman–Crippen LogP) is 4.03. The van der Waals surface area contributed by atoms with Crippen molar-refractivity contribution in [2.75, 3.05) is 0 Å². The first-order valence-corrected chi connectivity index (χ1v) is 7.42. The number of hydrogen-bond acceptors (Lipinski definition) is 0. The summed E-state index contributed by atoms with van der Waals surface area (Å²) in [6.45, 7) is 6.98. The van der Waals surface area contributed by atoms with Crippen molar-refractivity contribution < 1.29 is 4.70 Å². The summed E-state index contributed by atoms with van der Waals surface area (Å²) in [5.74, 6) is 0. The lowest BCUT2D eigenvalue weighted by Crippen LogP contribution is -1.94. The molecule has 0 nitrogen and oxygen atoms in total. The second-order valence-electron chi connectivity index (χ2n) is 3.38. The van der Waals surface area contributed by atoms with E-state index < -0.39 is 0 Å². The largest absolute Gasteiger partial charge is 0.269 e. The second-order valence-corrected chi connectivity index (χ2v) is 6.20. The Bertz CT molecular complexity index is 100. The van der Waals surface area contributed by atoms with Gasteiger partial charge in [-0.15, -0.1) is 0 Å². The molecule has 1 radical (unpaired) electrons. The molecule has 0 aromatic rings. The van der Waals surface area contributed by atoms with Crippen LogP contribution in [0.5, 0.6) is 0 Å². The van der Waals surface area contributed by atoms with Gasteiger partial charge in [-0.2, -0.15) is 0 Å². The lowest BCUT2D eigenvalue weighted by molar-refractivity contribution is 0.729. The molecule has 0 heterocycles. The fourth-order valence-corrected chi connectivity index (χ4v) is 1.59. The smallest absolute Gasteiger partial charge is 0.0452 e. The van der Waals surface area contributed by atoms with Crippen molar-refractivity contribution in [3.63, 3.8) is 0 Å². The number of hydrogen-bond donors (Lipinski definition) is 0. The van der Waals surface area contributed by atoms with Crippen molar-refractivity contribution in [2.24, 2.45) is 0 Å². The second kappa shape index (κ2) is 10.9. The van der Waals surface area contributed by atoms with E-state index in [9.17, 15) is 0 Å². The highest BCUT2D eigenvalue weighted by molar-refractivity contribution is 6.56. The molecular formula is C10H22FSi. The third kappa shape index (κ3) is 12.6. The summed E-state index contributed by atoms with van der Waals surface area (Å²) in [7, 11) is -0.0140. The molecule has 0 aromatic heterocycles. The van der Waals surface area contributed by atoms with Crippen molar-refractivity contribution in [2.45, 2.75) is 51.7 Å². The summed E-state index contributed by atoms with van der Waals surface area (Å²) in [6, 6.07) is 1.34. The van der Waals surface area contributed by atoms with Crippen LogP contribution in [0.1, 0.15) is 32.6 Å². The summed E-state index contributed by atoms with van der Waals surface area (Å²) in [4.78, 5) is 0. The molecule has 0 aliphatic rings. The van der Waals surface area contributed by atoms with Crippen LogP contribution in [0.25, 0.3) is 0 Å². The minimum Gasteiger partial charge on any atom is -0.269 e. The van der Waals surface area contributed by atoms with Gasteiger partial charge >= 0.3 is 0 Å². The number of rotatable bonds is 6. The Kier molecular flexibility index (Phi) is 13.1. The fourth-order valence-electron chi connectivity index (χ4n) is 0.949. The molecule has 0 aliphatic heterocycles. The monoisotopic (exact) mass is 189 g/mol. The van der Waals surface area contributed by atoms with Crippen LogP contribution in [0.2, 0.25) is 19.1 Å². The van der Waals surface area contributed by atoms with Crippen LogP contribution in [-0.4, -0.2) is 8.80 Å². The molecule has 0 atom stereocenters. The van der Waals surface area contributed by atoms with Gasteiger partial charge in [-0.3, -0.25) is 4.70 Å². The molecule has 0 N–H and O–H groups in total. The molecule has 0 saturated carbocycles. The summed E-state index contributed by atoms with van der Waals surface area (Å²) >= 11 is 0. The lowest BCUT2D eigenvalue weighted by Gasteiger charge is -1.94. The van der Waals surface area contributed by atoms with E-state index in [1.54, 1.807) is 0 Å². The van der Waals surface area contributed by atoms with Crippen LogP contribution in [0.4, 0.5) is 4.70 Å². The van der Waals surface area contributed by atoms with Crippen LogP contribution < -0.4 is 0 Å². The van der Waals surface area contributed by atoms with Crippen LogP contribution >= 0.6 is 0 Å². The average molecular weight is 189 g/mol. The minimum absolute atomic E-state index is 0. The Labute approximate surface area is 78.0 Å². The van der Waals surface area contributed by atoms with Gasteiger partial charge in [0.05, 0.1) is 0 Å². The highest BCUT2D eigenvalue weighted by Crippen LogP contribution is 2.01. The maximum atomic E-state index is 2.37. The van der Waals surface area contributed by atoms with Crippen LogP contribution in [0, 0.1) is 0 Å². The third-order valence-corrected chi connectivity index (χ3v) is 2.72. The molecule has 0 aliphatic carbocycles. The Balaban J connectivity index is 0. The van der Waals surface area contributed by atoms with Crippen molar-refractivity contribution in [1.29, 1.82) is 0 Å². The molecule has 0 rings (SSSR count). The van der Waals surface area contributed by atoms with Gasteiger partial charge in [0.2, 0.25) is 0 Å². The zero-order chi connectivity index (χ0) is 8.53. The first-order chi connectivity index (χ1) is 5.27. The molecule has 2 heteroatoms. The standard InChI is InChI=1S/C10H21Si.FH/c1-4-5-6-7-8-9-10-11(2)3;/h8-9H,4-7,10H2,1-3H3;1H. The Morgan fingerprint density at radius 2 is 1.75 bits per heavy atom. The first-order valence-electron chi connectivity index (χ1n) is 4.71. The highest BCUT2D eigenvalue weighted by atomic mass is 28.3. The van der Waals surface area contributed by atoms with Crippen molar-refractivity contribution >= 4 is 8.80 Å². The van der Waals surface area contributed by atoms with Crippen molar-refractivity contribution in [1.82, 2.24) is 0 Å². The zero-order valence-corrected chi connectivity index (χ0v) is 9.60. The maximum absolute atomic E-state index is 2.37. The van der Waals surface area contributed by atoms with Gasteiger partial charge < -0.3 is 0 Å². The number of halogens is 1. The topological polar surface area (TPSA) is 0 Å². The van der Waals surface area contributed by atoms with E-state index >= 15 is 0 Å². The van der Waals surface area contributed by atoms with Gasteiger partial charge in [-0.1, -0.05) is 45.0 Å². The molecule has 0 aromatic carbocycles. The van der Waals surface area contributed by atoms with Crippen LogP contribution in [-0.2, 0) is 0 Å². The van der Waals surface area contributed by atoms with Gasteiger partial charge in [0.15, 0.2) is 0 Å². The molecule has 0 unspecified atom stereocenters. The fraction of sp³-hybridized carbons (Fsp3) is 0.800. The van der Waals surface area contributed by atoms with Crippen LogP contribution in [0.3, 0.4) is 0 Å². The molecule has 73 valence electrons. The zero-order valence-electron chi connectivity index (χ0n) is 8.60. The third-order valence-electron chi connectivity index (χ3n) is 1.67. The Morgan fingerprint density at radius 3 is 2.25 bits per heavy atom. The van der Waals surface area contributed by atoms with Gasteiger partial charge in [0.1, 0.15) is 0 Å². The van der Waals surface area contributed by atoms with Crippen molar-refractivity contribution in [3.05, 3.63) is 12.2 Å². The van der Waals surface area contributed by atoms with Gasteiger partial charge in [0, 0.05) is 8.80 Å². The number of allylic oxidation sites excluding steroid dienone is 2. The van der Waals surface area contributed by atoms with Crippen molar-refractivity contribution in [3.8, 4) is 0 Å². The summed E-state index contributed by atoms with van der Waals surface area (Å²) in [5, 5.41) is 0. The van der Waals surface area contributed by atoms with E-state index in [0.29, 0.717) is 0 Å². The summed E-state index contributed by atoms with van der Waals surface area (Å²) in [6.07, 6.45) is 10.1.